The van der Waals surface area contributed by atoms with Crippen LogP contribution in [0.4, 0.5) is 0 Å². The molecule has 17 heavy (non-hydrogen) atoms. The van der Waals surface area contributed by atoms with Gasteiger partial charge in [-0.05, 0) is 31.2 Å². The van der Waals surface area contributed by atoms with Gasteiger partial charge in [-0.1, -0.05) is 33.6 Å². The first-order valence-corrected chi connectivity index (χ1v) is 7.09. The topological polar surface area (TPSA) is 32.3 Å². The fraction of sp³-hybridized carbons (Fsp3) is 0.929. The Morgan fingerprint density at radius 3 is 2.24 bits per heavy atom. The van der Waals surface area contributed by atoms with Crippen LogP contribution in [0.15, 0.2) is 0 Å². The summed E-state index contributed by atoms with van der Waals surface area (Å²) in [4.78, 5) is 14.0. The molecule has 0 bridgehead atoms. The second kappa shape index (κ2) is 7.70. The average molecular weight is 240 g/mol. The van der Waals surface area contributed by atoms with Gasteiger partial charge in [-0.15, -0.1) is 0 Å². The van der Waals surface area contributed by atoms with E-state index in [4.69, 9.17) is 0 Å². The number of rotatable bonds is 5. The molecule has 1 heterocycles. The van der Waals surface area contributed by atoms with Gasteiger partial charge in [0.05, 0.1) is 6.54 Å². The van der Waals surface area contributed by atoms with Gasteiger partial charge in [-0.3, -0.25) is 4.79 Å². The molecule has 1 aliphatic rings. The van der Waals surface area contributed by atoms with Crippen LogP contribution in [0.25, 0.3) is 0 Å². The Bertz CT molecular complexity index is 220. The Hall–Kier alpha value is -0.570. The minimum atomic E-state index is 0.280. The Kier molecular flexibility index (Phi) is 6.56. The summed E-state index contributed by atoms with van der Waals surface area (Å²) in [6.07, 6.45) is 4.91. The molecule has 3 nitrogen and oxygen atoms in total. The van der Waals surface area contributed by atoms with E-state index in [1.54, 1.807) is 0 Å². The van der Waals surface area contributed by atoms with Crippen molar-refractivity contribution >= 4 is 5.91 Å². The van der Waals surface area contributed by atoms with Gasteiger partial charge in [0.1, 0.15) is 0 Å². The molecule has 1 atom stereocenters. The molecule has 1 rings (SSSR count). The number of hydrogen-bond acceptors (Lipinski definition) is 2. The fourth-order valence-electron chi connectivity index (χ4n) is 2.07. The molecule has 1 saturated heterocycles. The van der Waals surface area contributed by atoms with E-state index in [0.29, 0.717) is 18.4 Å². The maximum atomic E-state index is 12.0. The molecular formula is C14H28N2O. The minimum Gasteiger partial charge on any atom is -0.342 e. The van der Waals surface area contributed by atoms with E-state index < -0.39 is 0 Å². The number of nitrogens with one attached hydrogen (secondary N) is 1. The van der Waals surface area contributed by atoms with Crippen molar-refractivity contribution < 1.29 is 4.79 Å². The van der Waals surface area contributed by atoms with Gasteiger partial charge in [0.15, 0.2) is 0 Å². The Morgan fingerprint density at radius 1 is 1.12 bits per heavy atom. The first-order chi connectivity index (χ1) is 8.11. The van der Waals surface area contributed by atoms with Crippen LogP contribution in [0.1, 0.15) is 46.5 Å². The Labute approximate surface area is 106 Å². The van der Waals surface area contributed by atoms with Crippen LogP contribution in [-0.4, -0.2) is 37.0 Å². The summed E-state index contributed by atoms with van der Waals surface area (Å²) in [6.45, 7) is 10.1. The maximum Gasteiger partial charge on any atom is 0.236 e. The number of carbonyl (C=O) groups is 1. The number of likely N-dealkylation sites (tertiary alicyclic amines) is 1. The molecule has 1 aliphatic heterocycles. The molecule has 1 N–H and O–H groups in total. The van der Waals surface area contributed by atoms with Gasteiger partial charge in [0.2, 0.25) is 5.91 Å². The smallest absolute Gasteiger partial charge is 0.236 e. The Balaban J connectivity index is 2.19. The zero-order valence-electron chi connectivity index (χ0n) is 11.7. The number of amides is 1. The van der Waals surface area contributed by atoms with Crippen molar-refractivity contribution in [1.82, 2.24) is 10.2 Å². The molecule has 0 aromatic rings. The lowest BCUT2D eigenvalue weighted by atomic mass is 9.98. The summed E-state index contributed by atoms with van der Waals surface area (Å²) < 4.78 is 0. The molecule has 0 aliphatic carbocycles. The van der Waals surface area contributed by atoms with Crippen molar-refractivity contribution in [2.24, 2.45) is 11.8 Å². The number of carbonyl (C=O) groups excluding carboxylic acids is 1. The van der Waals surface area contributed by atoms with Crippen LogP contribution in [0, 0.1) is 11.8 Å². The van der Waals surface area contributed by atoms with Crippen molar-refractivity contribution in [3.05, 3.63) is 0 Å². The van der Waals surface area contributed by atoms with Gasteiger partial charge in [0.25, 0.3) is 0 Å². The highest BCUT2D eigenvalue weighted by Gasteiger charge is 2.15. The fourth-order valence-corrected chi connectivity index (χ4v) is 2.07. The lowest BCUT2D eigenvalue weighted by Crippen LogP contribution is -2.40. The second-order valence-corrected chi connectivity index (χ2v) is 5.65. The first kappa shape index (κ1) is 14.5. The average Bonchev–Trinajstić information content (AvgIpc) is 2.57. The predicted molar refractivity (Wildman–Crippen MR) is 71.9 cm³/mol. The standard InChI is InChI=1S/C14H28N2O/c1-12(2)13(3)10-15-11-14(17)16-8-6-4-5-7-9-16/h12-13,15H,4-11H2,1-3H3. The normalized spacial score (nSPS) is 19.2. The molecule has 1 amide bonds. The monoisotopic (exact) mass is 240 g/mol. The Morgan fingerprint density at radius 2 is 1.71 bits per heavy atom. The minimum absolute atomic E-state index is 0.280. The molecule has 0 saturated carbocycles. The van der Waals surface area contributed by atoms with Crippen LogP contribution >= 0.6 is 0 Å². The molecule has 1 fully saturated rings. The molecular weight excluding hydrogens is 212 g/mol. The van der Waals surface area contributed by atoms with Gasteiger partial charge in [-0.25, -0.2) is 0 Å². The molecule has 3 heteroatoms. The van der Waals surface area contributed by atoms with Crippen LogP contribution in [-0.2, 0) is 4.79 Å². The van der Waals surface area contributed by atoms with Crippen molar-refractivity contribution in [2.75, 3.05) is 26.2 Å². The summed E-state index contributed by atoms with van der Waals surface area (Å²) in [5, 5.41) is 3.29. The van der Waals surface area contributed by atoms with Gasteiger partial charge < -0.3 is 10.2 Å². The third kappa shape index (κ3) is 5.53. The molecule has 1 unspecified atom stereocenters. The van der Waals surface area contributed by atoms with Gasteiger partial charge >= 0.3 is 0 Å². The number of hydrogen-bond donors (Lipinski definition) is 1. The third-order valence-corrected chi connectivity index (χ3v) is 3.84. The van der Waals surface area contributed by atoms with E-state index in [0.717, 1.165) is 19.6 Å². The quantitative estimate of drug-likeness (QED) is 0.799. The lowest BCUT2D eigenvalue weighted by Gasteiger charge is -2.21. The van der Waals surface area contributed by atoms with Crippen molar-refractivity contribution in [3.8, 4) is 0 Å². The van der Waals surface area contributed by atoms with E-state index in [-0.39, 0.29) is 5.91 Å². The highest BCUT2D eigenvalue weighted by atomic mass is 16.2. The van der Waals surface area contributed by atoms with E-state index in [9.17, 15) is 4.79 Å². The zero-order valence-corrected chi connectivity index (χ0v) is 11.7. The second-order valence-electron chi connectivity index (χ2n) is 5.65. The summed E-state index contributed by atoms with van der Waals surface area (Å²) in [5.41, 5.74) is 0. The molecule has 0 spiro atoms. The summed E-state index contributed by atoms with van der Waals surface area (Å²) >= 11 is 0. The molecule has 0 aromatic carbocycles. The van der Waals surface area contributed by atoms with Crippen molar-refractivity contribution in [3.63, 3.8) is 0 Å². The van der Waals surface area contributed by atoms with E-state index in [1.165, 1.54) is 25.7 Å². The predicted octanol–water partition coefficient (Wildman–Crippen LogP) is 2.27. The largest absolute Gasteiger partial charge is 0.342 e. The lowest BCUT2D eigenvalue weighted by molar-refractivity contribution is -0.130. The summed E-state index contributed by atoms with van der Waals surface area (Å²) in [5.74, 6) is 1.59. The molecule has 0 aromatic heterocycles. The highest BCUT2D eigenvalue weighted by Crippen LogP contribution is 2.10. The van der Waals surface area contributed by atoms with E-state index in [2.05, 4.69) is 26.1 Å². The van der Waals surface area contributed by atoms with Crippen LogP contribution < -0.4 is 5.32 Å². The number of nitrogens with zero attached hydrogens (tertiary/aromatic N) is 1. The molecule has 100 valence electrons. The zero-order chi connectivity index (χ0) is 12.7. The third-order valence-electron chi connectivity index (χ3n) is 3.84. The summed E-state index contributed by atoms with van der Waals surface area (Å²) in [7, 11) is 0. The summed E-state index contributed by atoms with van der Waals surface area (Å²) in [6, 6.07) is 0. The van der Waals surface area contributed by atoms with Gasteiger partial charge in [-0.2, -0.15) is 0 Å². The van der Waals surface area contributed by atoms with E-state index >= 15 is 0 Å². The molecule has 0 radical (unpaired) electrons. The van der Waals surface area contributed by atoms with Crippen LogP contribution in [0.5, 0.6) is 0 Å². The SMILES string of the molecule is CC(C)C(C)CNCC(=O)N1CCCCCC1. The van der Waals surface area contributed by atoms with Crippen molar-refractivity contribution in [2.45, 2.75) is 46.5 Å². The van der Waals surface area contributed by atoms with E-state index in [1.807, 2.05) is 4.90 Å². The highest BCUT2D eigenvalue weighted by molar-refractivity contribution is 5.78. The van der Waals surface area contributed by atoms with Crippen LogP contribution in [0.2, 0.25) is 0 Å². The first-order valence-electron chi connectivity index (χ1n) is 7.09. The van der Waals surface area contributed by atoms with Crippen LogP contribution in [0.3, 0.4) is 0 Å². The van der Waals surface area contributed by atoms with Gasteiger partial charge in [0, 0.05) is 13.1 Å². The van der Waals surface area contributed by atoms with Crippen molar-refractivity contribution in [1.29, 1.82) is 0 Å². The maximum absolute atomic E-state index is 12.0.